The molecule has 1 heterocycles. The Labute approximate surface area is 160 Å². The van der Waals surface area contributed by atoms with Crippen molar-refractivity contribution in [3.8, 4) is 6.07 Å². The summed E-state index contributed by atoms with van der Waals surface area (Å²) in [6.45, 7) is 0.955. The fraction of sp³-hybridized carbons (Fsp3) is 0.167. The van der Waals surface area contributed by atoms with E-state index in [0.717, 1.165) is 0 Å². The SMILES string of the molecule is C[C@@H](OC(=O)CNC(=O)c1cc(Cl)ccn1)C(=O)Nc1cccc(C#N)c1. The largest absolute Gasteiger partial charge is 0.451 e. The molecule has 1 aromatic heterocycles. The molecule has 0 fully saturated rings. The predicted molar refractivity (Wildman–Crippen MR) is 96.9 cm³/mol. The van der Waals surface area contributed by atoms with E-state index in [4.69, 9.17) is 21.6 Å². The van der Waals surface area contributed by atoms with Crippen LogP contribution in [-0.4, -0.2) is 35.4 Å². The molecule has 9 heteroatoms. The Hall–Kier alpha value is -3.44. The zero-order valence-corrected chi connectivity index (χ0v) is 15.0. The van der Waals surface area contributed by atoms with Crippen molar-refractivity contribution in [1.29, 1.82) is 5.26 Å². The number of rotatable bonds is 6. The number of nitrogens with one attached hydrogen (secondary N) is 2. The molecule has 138 valence electrons. The van der Waals surface area contributed by atoms with Crippen molar-refractivity contribution in [2.45, 2.75) is 13.0 Å². The van der Waals surface area contributed by atoms with Gasteiger partial charge in [0.15, 0.2) is 6.10 Å². The number of carbonyl (C=O) groups excluding carboxylic acids is 3. The van der Waals surface area contributed by atoms with Crippen LogP contribution < -0.4 is 10.6 Å². The summed E-state index contributed by atoms with van der Waals surface area (Å²) in [6, 6.07) is 11.1. The quantitative estimate of drug-likeness (QED) is 0.731. The molecule has 0 radical (unpaired) electrons. The standard InChI is InChI=1S/C18H15ClN4O4/c1-11(17(25)23-14-4-2-3-12(7-14)9-20)27-16(24)10-22-18(26)15-8-13(19)5-6-21-15/h2-8,11H,10H2,1H3,(H,22,26)(H,23,25)/t11-/m1/s1. The van der Waals surface area contributed by atoms with Crippen LogP contribution in [0.3, 0.4) is 0 Å². The molecule has 0 spiro atoms. The van der Waals surface area contributed by atoms with E-state index >= 15 is 0 Å². The second-order valence-electron chi connectivity index (χ2n) is 5.36. The molecule has 0 unspecified atom stereocenters. The highest BCUT2D eigenvalue weighted by molar-refractivity contribution is 6.30. The van der Waals surface area contributed by atoms with Crippen LogP contribution in [0.1, 0.15) is 23.0 Å². The van der Waals surface area contributed by atoms with E-state index in [1.807, 2.05) is 6.07 Å². The number of amides is 2. The summed E-state index contributed by atoms with van der Waals surface area (Å²) in [4.78, 5) is 39.6. The van der Waals surface area contributed by atoms with E-state index in [1.54, 1.807) is 18.2 Å². The second-order valence-corrected chi connectivity index (χ2v) is 5.79. The highest BCUT2D eigenvalue weighted by atomic mass is 35.5. The lowest BCUT2D eigenvalue weighted by atomic mass is 10.2. The van der Waals surface area contributed by atoms with Gasteiger partial charge >= 0.3 is 5.97 Å². The van der Waals surface area contributed by atoms with E-state index in [9.17, 15) is 14.4 Å². The minimum atomic E-state index is -1.09. The summed E-state index contributed by atoms with van der Waals surface area (Å²) in [5.41, 5.74) is 0.843. The van der Waals surface area contributed by atoms with Crippen LogP contribution in [0.15, 0.2) is 42.6 Å². The molecule has 1 atom stereocenters. The molecule has 1 aromatic carbocycles. The first-order valence-electron chi connectivity index (χ1n) is 7.79. The smallest absolute Gasteiger partial charge is 0.326 e. The first-order chi connectivity index (χ1) is 12.9. The van der Waals surface area contributed by atoms with Crippen LogP contribution in [0.4, 0.5) is 5.69 Å². The van der Waals surface area contributed by atoms with Crippen LogP contribution in [-0.2, 0) is 14.3 Å². The Kier molecular flexibility index (Phi) is 6.86. The number of hydrogen-bond donors (Lipinski definition) is 2. The Bertz CT molecular complexity index is 910. The van der Waals surface area contributed by atoms with Crippen LogP contribution in [0, 0.1) is 11.3 Å². The average Bonchev–Trinajstić information content (AvgIpc) is 2.66. The number of ether oxygens (including phenoxy) is 1. The highest BCUT2D eigenvalue weighted by Gasteiger charge is 2.19. The Morgan fingerprint density at radius 1 is 1.30 bits per heavy atom. The van der Waals surface area contributed by atoms with Crippen LogP contribution in [0.5, 0.6) is 0 Å². The van der Waals surface area contributed by atoms with E-state index in [-0.39, 0.29) is 5.69 Å². The first-order valence-corrected chi connectivity index (χ1v) is 8.17. The average molecular weight is 387 g/mol. The summed E-state index contributed by atoms with van der Waals surface area (Å²) in [7, 11) is 0. The van der Waals surface area contributed by atoms with E-state index < -0.39 is 30.4 Å². The van der Waals surface area contributed by atoms with Gasteiger partial charge in [-0.3, -0.25) is 19.4 Å². The zero-order chi connectivity index (χ0) is 19.8. The number of benzene rings is 1. The highest BCUT2D eigenvalue weighted by Crippen LogP contribution is 2.11. The number of pyridine rings is 1. The maximum absolute atomic E-state index is 12.1. The molecule has 0 aliphatic carbocycles. The molecule has 0 bridgehead atoms. The third kappa shape index (κ3) is 6.09. The van der Waals surface area contributed by atoms with Crippen molar-refractivity contribution in [3.63, 3.8) is 0 Å². The van der Waals surface area contributed by atoms with Crippen LogP contribution in [0.2, 0.25) is 5.02 Å². The van der Waals surface area contributed by atoms with Crippen molar-refractivity contribution in [3.05, 3.63) is 58.9 Å². The van der Waals surface area contributed by atoms with Gasteiger partial charge in [0, 0.05) is 16.9 Å². The van der Waals surface area contributed by atoms with E-state index in [1.165, 1.54) is 31.3 Å². The van der Waals surface area contributed by atoms with Gasteiger partial charge in [0.1, 0.15) is 12.2 Å². The number of nitrogens with zero attached hydrogens (tertiary/aromatic N) is 2. The van der Waals surface area contributed by atoms with Gasteiger partial charge in [-0.25, -0.2) is 0 Å². The molecule has 2 rings (SSSR count). The lowest BCUT2D eigenvalue weighted by Gasteiger charge is -2.14. The van der Waals surface area contributed by atoms with Gasteiger partial charge in [0.2, 0.25) is 0 Å². The van der Waals surface area contributed by atoms with E-state index in [0.29, 0.717) is 16.3 Å². The lowest BCUT2D eigenvalue weighted by Crippen LogP contribution is -2.36. The molecule has 8 nitrogen and oxygen atoms in total. The number of carbonyl (C=O) groups is 3. The molecule has 0 saturated heterocycles. The Balaban J connectivity index is 1.83. The van der Waals surface area contributed by atoms with Crippen molar-refractivity contribution in [2.75, 3.05) is 11.9 Å². The van der Waals surface area contributed by atoms with Gasteiger partial charge in [-0.05, 0) is 37.3 Å². The zero-order valence-electron chi connectivity index (χ0n) is 14.2. The number of aromatic nitrogens is 1. The summed E-state index contributed by atoms with van der Waals surface area (Å²) < 4.78 is 4.97. The first kappa shape index (κ1) is 19.9. The van der Waals surface area contributed by atoms with Crippen molar-refractivity contribution >= 4 is 35.1 Å². The number of esters is 1. The molecular weight excluding hydrogens is 372 g/mol. The molecule has 0 aliphatic heterocycles. The van der Waals surface area contributed by atoms with Crippen molar-refractivity contribution in [2.24, 2.45) is 0 Å². The summed E-state index contributed by atoms with van der Waals surface area (Å²) in [5.74, 6) is -1.96. The van der Waals surface area contributed by atoms with Crippen molar-refractivity contribution < 1.29 is 19.1 Å². The van der Waals surface area contributed by atoms with Gasteiger partial charge < -0.3 is 15.4 Å². The molecule has 2 aromatic rings. The predicted octanol–water partition coefficient (Wildman–Crippen LogP) is 1.91. The monoisotopic (exact) mass is 386 g/mol. The van der Waals surface area contributed by atoms with Crippen LogP contribution in [0.25, 0.3) is 0 Å². The number of anilines is 1. The second kappa shape index (κ2) is 9.31. The minimum absolute atomic E-state index is 0.0541. The molecule has 0 aliphatic rings. The fourth-order valence-electron chi connectivity index (χ4n) is 1.97. The summed E-state index contributed by atoms with van der Waals surface area (Å²) in [5, 5.41) is 14.1. The van der Waals surface area contributed by atoms with Gasteiger partial charge in [-0.1, -0.05) is 17.7 Å². The molecular formula is C18H15ClN4O4. The number of halogens is 1. The third-order valence-electron chi connectivity index (χ3n) is 3.28. The topological polar surface area (TPSA) is 121 Å². The Morgan fingerprint density at radius 3 is 2.78 bits per heavy atom. The fourth-order valence-corrected chi connectivity index (χ4v) is 2.13. The molecule has 27 heavy (non-hydrogen) atoms. The molecule has 2 N–H and O–H groups in total. The summed E-state index contributed by atoms with van der Waals surface area (Å²) in [6.07, 6.45) is 0.271. The van der Waals surface area contributed by atoms with E-state index in [2.05, 4.69) is 15.6 Å². The van der Waals surface area contributed by atoms with Gasteiger partial charge in [-0.2, -0.15) is 5.26 Å². The minimum Gasteiger partial charge on any atom is -0.451 e. The normalized spacial score (nSPS) is 11.0. The Morgan fingerprint density at radius 2 is 2.07 bits per heavy atom. The maximum atomic E-state index is 12.1. The maximum Gasteiger partial charge on any atom is 0.326 e. The number of hydrogen-bond acceptors (Lipinski definition) is 6. The summed E-state index contributed by atoms with van der Waals surface area (Å²) >= 11 is 5.77. The molecule has 2 amide bonds. The molecule has 0 saturated carbocycles. The van der Waals surface area contributed by atoms with Crippen LogP contribution >= 0.6 is 11.6 Å². The third-order valence-corrected chi connectivity index (χ3v) is 3.52. The van der Waals surface area contributed by atoms with Gasteiger partial charge in [0.05, 0.1) is 11.6 Å². The number of nitriles is 1. The lowest BCUT2D eigenvalue weighted by molar-refractivity contribution is -0.152. The van der Waals surface area contributed by atoms with Crippen molar-refractivity contribution in [1.82, 2.24) is 10.3 Å². The van der Waals surface area contributed by atoms with Gasteiger partial charge in [0.25, 0.3) is 11.8 Å². The van der Waals surface area contributed by atoms with Gasteiger partial charge in [-0.15, -0.1) is 0 Å².